The van der Waals surface area contributed by atoms with E-state index in [1.807, 2.05) is 41.8 Å². The van der Waals surface area contributed by atoms with Gasteiger partial charge in [0, 0.05) is 24.9 Å². The first-order valence-corrected chi connectivity index (χ1v) is 9.91. The van der Waals surface area contributed by atoms with Crippen LogP contribution < -0.4 is 0 Å². The van der Waals surface area contributed by atoms with Gasteiger partial charge >= 0.3 is 0 Å². The lowest BCUT2D eigenvalue weighted by Crippen LogP contribution is -2.31. The molecule has 1 unspecified atom stereocenters. The SMILES string of the molecule is CS(=O)(=O)C1CCN(C(=O)c2sccc2-c2ccccc2)C1. The third kappa shape index (κ3) is 2.94. The summed E-state index contributed by atoms with van der Waals surface area (Å²) in [6.45, 7) is 0.798. The van der Waals surface area contributed by atoms with Crippen molar-refractivity contribution >= 4 is 27.1 Å². The summed E-state index contributed by atoms with van der Waals surface area (Å²) in [5.41, 5.74) is 1.92. The summed E-state index contributed by atoms with van der Waals surface area (Å²) in [6, 6.07) is 11.7. The van der Waals surface area contributed by atoms with Crippen LogP contribution in [0.2, 0.25) is 0 Å². The first-order valence-electron chi connectivity index (χ1n) is 7.08. The molecule has 4 nitrogen and oxygen atoms in total. The van der Waals surface area contributed by atoms with Crippen LogP contribution in [0.4, 0.5) is 0 Å². The summed E-state index contributed by atoms with van der Waals surface area (Å²) in [5.74, 6) is -0.0694. The first kappa shape index (κ1) is 15.2. The number of nitrogens with zero attached hydrogens (tertiary/aromatic N) is 1. The monoisotopic (exact) mass is 335 g/mol. The van der Waals surface area contributed by atoms with E-state index in [0.717, 1.165) is 11.1 Å². The molecule has 0 saturated carbocycles. The quantitative estimate of drug-likeness (QED) is 0.866. The Bertz CT molecular complexity index is 781. The zero-order valence-electron chi connectivity index (χ0n) is 12.2. The molecule has 1 fully saturated rings. The van der Waals surface area contributed by atoms with Crippen LogP contribution in [0, 0.1) is 0 Å². The molecule has 2 aromatic rings. The van der Waals surface area contributed by atoms with Gasteiger partial charge in [-0.25, -0.2) is 8.42 Å². The Morgan fingerprint density at radius 1 is 1.23 bits per heavy atom. The van der Waals surface area contributed by atoms with Crippen molar-refractivity contribution in [3.8, 4) is 11.1 Å². The predicted molar refractivity (Wildman–Crippen MR) is 88.9 cm³/mol. The van der Waals surface area contributed by atoms with Gasteiger partial charge in [0.2, 0.25) is 0 Å². The Hall–Kier alpha value is -1.66. The number of benzene rings is 1. The molecule has 22 heavy (non-hydrogen) atoms. The molecule has 1 aromatic carbocycles. The van der Waals surface area contributed by atoms with Gasteiger partial charge in [0.25, 0.3) is 5.91 Å². The third-order valence-corrected chi connectivity index (χ3v) is 6.48. The molecule has 1 atom stereocenters. The van der Waals surface area contributed by atoms with E-state index in [1.165, 1.54) is 17.6 Å². The van der Waals surface area contributed by atoms with E-state index in [2.05, 4.69) is 0 Å². The van der Waals surface area contributed by atoms with Gasteiger partial charge in [-0.2, -0.15) is 0 Å². The fourth-order valence-electron chi connectivity index (χ4n) is 2.73. The van der Waals surface area contributed by atoms with E-state index in [1.54, 1.807) is 4.90 Å². The van der Waals surface area contributed by atoms with Gasteiger partial charge in [-0.1, -0.05) is 30.3 Å². The van der Waals surface area contributed by atoms with Crippen molar-refractivity contribution in [2.45, 2.75) is 11.7 Å². The normalized spacial score (nSPS) is 18.6. The van der Waals surface area contributed by atoms with Crippen LogP contribution >= 0.6 is 11.3 Å². The van der Waals surface area contributed by atoms with Crippen molar-refractivity contribution in [1.29, 1.82) is 0 Å². The Morgan fingerprint density at radius 2 is 1.95 bits per heavy atom. The Labute approximate surface area is 134 Å². The lowest BCUT2D eigenvalue weighted by molar-refractivity contribution is 0.0798. The molecular formula is C16H17NO3S2. The predicted octanol–water partition coefficient (Wildman–Crippen LogP) is 2.67. The van der Waals surface area contributed by atoms with Crippen LogP contribution in [0.15, 0.2) is 41.8 Å². The van der Waals surface area contributed by atoms with Crippen LogP contribution in [0.25, 0.3) is 11.1 Å². The van der Waals surface area contributed by atoms with E-state index in [-0.39, 0.29) is 5.91 Å². The van der Waals surface area contributed by atoms with Crippen LogP contribution in [0.3, 0.4) is 0 Å². The van der Waals surface area contributed by atoms with E-state index in [4.69, 9.17) is 0 Å². The largest absolute Gasteiger partial charge is 0.337 e. The molecule has 1 aliphatic rings. The summed E-state index contributed by atoms with van der Waals surface area (Å²) < 4.78 is 23.3. The highest BCUT2D eigenvalue weighted by molar-refractivity contribution is 7.91. The van der Waals surface area contributed by atoms with E-state index in [9.17, 15) is 13.2 Å². The molecule has 1 aliphatic heterocycles. The molecule has 1 aromatic heterocycles. The number of sulfone groups is 1. The highest BCUT2D eigenvalue weighted by Crippen LogP contribution is 2.30. The number of rotatable bonds is 3. The highest BCUT2D eigenvalue weighted by atomic mass is 32.2. The zero-order chi connectivity index (χ0) is 15.7. The van der Waals surface area contributed by atoms with Crippen molar-refractivity contribution in [2.75, 3.05) is 19.3 Å². The number of hydrogen-bond donors (Lipinski definition) is 0. The third-order valence-electron chi connectivity index (χ3n) is 3.98. The average Bonchev–Trinajstić information content (AvgIpc) is 3.16. The van der Waals surface area contributed by atoms with Crippen molar-refractivity contribution in [1.82, 2.24) is 4.90 Å². The molecule has 0 spiro atoms. The fraction of sp³-hybridized carbons (Fsp3) is 0.312. The second-order valence-corrected chi connectivity index (χ2v) is 8.76. The summed E-state index contributed by atoms with van der Waals surface area (Å²) in [6.07, 6.45) is 1.77. The standard InChI is InChI=1S/C16H17NO3S2/c1-22(19,20)13-7-9-17(11-13)16(18)15-14(8-10-21-15)12-5-3-2-4-6-12/h2-6,8,10,13H,7,9,11H2,1H3. The first-order chi connectivity index (χ1) is 10.5. The van der Waals surface area contributed by atoms with Gasteiger partial charge in [-0.15, -0.1) is 11.3 Å². The number of carbonyl (C=O) groups excluding carboxylic acids is 1. The molecular weight excluding hydrogens is 318 g/mol. The lowest BCUT2D eigenvalue weighted by atomic mass is 10.1. The minimum Gasteiger partial charge on any atom is -0.337 e. The summed E-state index contributed by atoms with van der Waals surface area (Å²) in [5, 5.41) is 1.47. The average molecular weight is 335 g/mol. The Balaban J connectivity index is 1.85. The molecule has 2 heterocycles. The maximum absolute atomic E-state index is 12.7. The summed E-state index contributed by atoms with van der Waals surface area (Å²) in [7, 11) is -3.09. The molecule has 0 N–H and O–H groups in total. The minimum absolute atomic E-state index is 0.0694. The van der Waals surface area contributed by atoms with Crippen molar-refractivity contribution in [3.63, 3.8) is 0 Å². The van der Waals surface area contributed by atoms with E-state index < -0.39 is 15.1 Å². The molecule has 0 bridgehead atoms. The van der Waals surface area contributed by atoms with Crippen LogP contribution in [-0.2, 0) is 9.84 Å². The fourth-order valence-corrected chi connectivity index (χ4v) is 4.59. The van der Waals surface area contributed by atoms with Gasteiger partial charge in [0.15, 0.2) is 9.84 Å². The molecule has 0 aliphatic carbocycles. The van der Waals surface area contributed by atoms with Crippen LogP contribution in [0.5, 0.6) is 0 Å². The Kier molecular flexibility index (Phi) is 4.06. The van der Waals surface area contributed by atoms with Gasteiger partial charge in [-0.3, -0.25) is 4.79 Å². The Morgan fingerprint density at radius 3 is 2.59 bits per heavy atom. The van der Waals surface area contributed by atoms with Gasteiger partial charge < -0.3 is 4.90 Å². The van der Waals surface area contributed by atoms with E-state index >= 15 is 0 Å². The number of likely N-dealkylation sites (tertiary alicyclic amines) is 1. The smallest absolute Gasteiger partial charge is 0.264 e. The second-order valence-electron chi connectivity index (χ2n) is 5.52. The van der Waals surface area contributed by atoms with Crippen LogP contribution in [0.1, 0.15) is 16.1 Å². The zero-order valence-corrected chi connectivity index (χ0v) is 13.9. The number of amides is 1. The van der Waals surface area contributed by atoms with Crippen molar-refractivity contribution in [2.24, 2.45) is 0 Å². The maximum Gasteiger partial charge on any atom is 0.264 e. The molecule has 3 rings (SSSR count). The van der Waals surface area contributed by atoms with Gasteiger partial charge in [0.05, 0.1) is 10.1 Å². The van der Waals surface area contributed by atoms with Crippen molar-refractivity contribution in [3.05, 3.63) is 46.7 Å². The lowest BCUT2D eigenvalue weighted by Gasteiger charge is -2.16. The molecule has 6 heteroatoms. The molecule has 1 saturated heterocycles. The van der Waals surface area contributed by atoms with Gasteiger partial charge in [0.1, 0.15) is 0 Å². The molecule has 1 amide bonds. The number of hydrogen-bond acceptors (Lipinski definition) is 4. The van der Waals surface area contributed by atoms with E-state index in [0.29, 0.717) is 24.4 Å². The maximum atomic E-state index is 12.7. The molecule has 0 radical (unpaired) electrons. The minimum atomic E-state index is -3.09. The van der Waals surface area contributed by atoms with Gasteiger partial charge in [-0.05, 0) is 23.4 Å². The van der Waals surface area contributed by atoms with Crippen LogP contribution in [-0.4, -0.2) is 43.8 Å². The van der Waals surface area contributed by atoms with Crippen molar-refractivity contribution < 1.29 is 13.2 Å². The highest BCUT2D eigenvalue weighted by Gasteiger charge is 2.34. The number of thiophene rings is 1. The molecule has 116 valence electrons. The summed E-state index contributed by atoms with van der Waals surface area (Å²) >= 11 is 1.41. The summed E-state index contributed by atoms with van der Waals surface area (Å²) in [4.78, 5) is 15.1. The topological polar surface area (TPSA) is 54.5 Å². The second kappa shape index (κ2) is 5.85. The number of carbonyl (C=O) groups is 1.